The summed E-state index contributed by atoms with van der Waals surface area (Å²) in [5.74, 6) is -0.758. The van der Waals surface area contributed by atoms with Crippen molar-refractivity contribution in [1.29, 1.82) is 0 Å². The first-order chi connectivity index (χ1) is 3.92. The summed E-state index contributed by atoms with van der Waals surface area (Å²) in [6.45, 7) is 1.98. The van der Waals surface area contributed by atoms with Gasteiger partial charge in [0.15, 0.2) is 0 Å². The highest BCUT2D eigenvalue weighted by molar-refractivity contribution is 7.51. The standard InChI is InChI=1S/C3H7O5P/c1-3(4)7-8-9(2,5)6/h1-2H3,(H,5,6). The molecule has 0 aliphatic rings. The van der Waals surface area contributed by atoms with Gasteiger partial charge in [-0.2, -0.15) is 0 Å². The minimum atomic E-state index is -3.66. The highest BCUT2D eigenvalue weighted by Gasteiger charge is 2.12. The summed E-state index contributed by atoms with van der Waals surface area (Å²) in [7, 11) is -3.66. The Morgan fingerprint density at radius 2 is 2.11 bits per heavy atom. The van der Waals surface area contributed by atoms with Gasteiger partial charge in [0.1, 0.15) is 0 Å². The Kier molecular flexibility index (Phi) is 2.84. The van der Waals surface area contributed by atoms with Gasteiger partial charge in [0, 0.05) is 13.6 Å². The quantitative estimate of drug-likeness (QED) is 0.351. The fraction of sp³-hybridized carbons (Fsp3) is 0.667. The maximum atomic E-state index is 10.2. The molecule has 0 aliphatic heterocycles. The molecule has 0 aromatic carbocycles. The summed E-state index contributed by atoms with van der Waals surface area (Å²) in [6, 6.07) is 0. The van der Waals surface area contributed by atoms with Crippen LogP contribution < -0.4 is 0 Å². The van der Waals surface area contributed by atoms with E-state index in [-0.39, 0.29) is 0 Å². The highest BCUT2D eigenvalue weighted by atomic mass is 31.2. The topological polar surface area (TPSA) is 72.8 Å². The Hall–Kier alpha value is -0.380. The summed E-state index contributed by atoms with van der Waals surface area (Å²) in [5, 5.41) is 0. The van der Waals surface area contributed by atoms with Crippen molar-refractivity contribution in [2.75, 3.05) is 6.66 Å². The second kappa shape index (κ2) is 2.96. The van der Waals surface area contributed by atoms with Crippen LogP contribution in [0.1, 0.15) is 6.92 Å². The van der Waals surface area contributed by atoms with E-state index >= 15 is 0 Å². The van der Waals surface area contributed by atoms with Crippen LogP contribution in [0.25, 0.3) is 0 Å². The summed E-state index contributed by atoms with van der Waals surface area (Å²) < 4.78 is 13.9. The van der Waals surface area contributed by atoms with E-state index in [1.54, 1.807) is 0 Å². The van der Waals surface area contributed by atoms with Crippen molar-refractivity contribution in [3.05, 3.63) is 0 Å². The van der Waals surface area contributed by atoms with Crippen molar-refractivity contribution >= 4 is 13.6 Å². The van der Waals surface area contributed by atoms with Crippen molar-refractivity contribution in [2.24, 2.45) is 0 Å². The molecule has 1 unspecified atom stereocenters. The van der Waals surface area contributed by atoms with Gasteiger partial charge in [-0.25, -0.2) is 4.79 Å². The molecule has 1 N–H and O–H groups in total. The van der Waals surface area contributed by atoms with Gasteiger partial charge in [0.05, 0.1) is 0 Å². The Morgan fingerprint density at radius 1 is 1.67 bits per heavy atom. The molecule has 0 saturated carbocycles. The number of hydrogen-bond donors (Lipinski definition) is 1. The van der Waals surface area contributed by atoms with Crippen molar-refractivity contribution in [1.82, 2.24) is 0 Å². The molecule has 54 valence electrons. The fourth-order valence-corrected chi connectivity index (χ4v) is 0.365. The lowest BCUT2D eigenvalue weighted by atomic mass is 10.9. The van der Waals surface area contributed by atoms with E-state index < -0.39 is 13.6 Å². The lowest BCUT2D eigenvalue weighted by Crippen LogP contribution is -1.97. The summed E-state index contributed by atoms with van der Waals surface area (Å²) in [6.07, 6.45) is 0. The van der Waals surface area contributed by atoms with E-state index in [4.69, 9.17) is 4.89 Å². The van der Waals surface area contributed by atoms with E-state index in [1.165, 1.54) is 0 Å². The van der Waals surface area contributed by atoms with E-state index in [1.807, 2.05) is 0 Å². The van der Waals surface area contributed by atoms with E-state index in [2.05, 4.69) is 9.56 Å². The van der Waals surface area contributed by atoms with Crippen LogP contribution >= 0.6 is 7.60 Å². The summed E-state index contributed by atoms with van der Waals surface area (Å²) in [4.78, 5) is 22.0. The first-order valence-corrected chi connectivity index (χ1v) is 4.11. The smallest absolute Gasteiger partial charge is 0.322 e. The first kappa shape index (κ1) is 8.62. The van der Waals surface area contributed by atoms with Gasteiger partial charge in [-0.05, 0) is 0 Å². The minimum Gasteiger partial charge on any atom is -0.322 e. The van der Waals surface area contributed by atoms with Crippen LogP contribution in [0.15, 0.2) is 0 Å². The van der Waals surface area contributed by atoms with E-state index in [9.17, 15) is 9.36 Å². The van der Waals surface area contributed by atoms with Crippen LogP contribution in [0.2, 0.25) is 0 Å². The molecule has 0 amide bonds. The molecule has 1 atom stereocenters. The average Bonchev–Trinajstić information content (AvgIpc) is 1.59. The molecule has 0 fully saturated rings. The number of rotatable bonds is 2. The predicted molar refractivity (Wildman–Crippen MR) is 28.6 cm³/mol. The molecule has 6 heteroatoms. The molecular weight excluding hydrogens is 147 g/mol. The van der Waals surface area contributed by atoms with Crippen LogP contribution in [0.4, 0.5) is 0 Å². The second-order valence-corrected chi connectivity index (χ2v) is 3.21. The van der Waals surface area contributed by atoms with Gasteiger partial charge in [0.2, 0.25) is 0 Å². The SMILES string of the molecule is CC(=O)OOP(C)(=O)O. The molecule has 0 aromatic heterocycles. The number of carbonyl (C=O) groups is 1. The molecule has 0 spiro atoms. The van der Waals surface area contributed by atoms with Crippen molar-refractivity contribution in [2.45, 2.75) is 6.92 Å². The predicted octanol–water partition coefficient (Wildman–Crippen LogP) is 0.296. The number of hydrogen-bond acceptors (Lipinski definition) is 4. The van der Waals surface area contributed by atoms with Crippen molar-refractivity contribution < 1.29 is 23.8 Å². The van der Waals surface area contributed by atoms with Crippen LogP contribution in [-0.4, -0.2) is 17.5 Å². The zero-order valence-corrected chi connectivity index (χ0v) is 5.92. The van der Waals surface area contributed by atoms with Gasteiger partial charge in [-0.1, -0.05) is 4.67 Å². The average molecular weight is 154 g/mol. The monoisotopic (exact) mass is 154 g/mol. The summed E-state index contributed by atoms with van der Waals surface area (Å²) in [5.41, 5.74) is 0. The molecule has 0 aromatic rings. The molecule has 5 nitrogen and oxygen atoms in total. The number of carbonyl (C=O) groups excluding carboxylic acids is 1. The Labute approximate surface area is 52.0 Å². The highest BCUT2D eigenvalue weighted by Crippen LogP contribution is 2.36. The molecule has 0 saturated heterocycles. The van der Waals surface area contributed by atoms with Gasteiger partial charge in [-0.15, -0.1) is 0 Å². The van der Waals surface area contributed by atoms with Crippen molar-refractivity contribution in [3.63, 3.8) is 0 Å². The molecule has 9 heavy (non-hydrogen) atoms. The second-order valence-electron chi connectivity index (χ2n) is 1.45. The van der Waals surface area contributed by atoms with Gasteiger partial charge in [-0.3, -0.25) is 9.45 Å². The normalized spacial score (nSPS) is 16.3. The summed E-state index contributed by atoms with van der Waals surface area (Å²) >= 11 is 0. The minimum absolute atomic E-state index is 0.758. The third kappa shape index (κ3) is 7.62. The van der Waals surface area contributed by atoms with Crippen molar-refractivity contribution in [3.8, 4) is 0 Å². The Balaban J connectivity index is 3.53. The van der Waals surface area contributed by atoms with Gasteiger partial charge >= 0.3 is 13.6 Å². The third-order valence-electron chi connectivity index (χ3n) is 0.293. The largest absolute Gasteiger partial charge is 0.363 e. The van der Waals surface area contributed by atoms with Gasteiger partial charge < -0.3 is 4.89 Å². The zero-order chi connectivity index (χ0) is 7.49. The van der Waals surface area contributed by atoms with Crippen LogP contribution in [0, 0.1) is 0 Å². The first-order valence-electron chi connectivity index (χ1n) is 2.09. The molecular formula is C3H7O5P. The Bertz CT molecular complexity index is 146. The molecule has 0 rings (SSSR count). The van der Waals surface area contributed by atoms with E-state index in [0.29, 0.717) is 0 Å². The maximum absolute atomic E-state index is 10.2. The van der Waals surface area contributed by atoms with Crippen LogP contribution in [-0.2, 0) is 18.9 Å². The van der Waals surface area contributed by atoms with Crippen LogP contribution in [0.3, 0.4) is 0 Å². The lowest BCUT2D eigenvalue weighted by molar-refractivity contribution is -0.214. The lowest BCUT2D eigenvalue weighted by Gasteiger charge is -2.01. The maximum Gasteiger partial charge on any atom is 0.363 e. The Morgan fingerprint density at radius 3 is 2.22 bits per heavy atom. The van der Waals surface area contributed by atoms with E-state index in [0.717, 1.165) is 13.6 Å². The van der Waals surface area contributed by atoms with Crippen LogP contribution in [0.5, 0.6) is 0 Å². The fourth-order valence-electron chi connectivity index (χ4n) is 0.122. The molecule has 0 heterocycles. The molecule has 0 bridgehead atoms. The molecule has 0 radical (unpaired) electrons. The third-order valence-corrected chi connectivity index (χ3v) is 0.644. The van der Waals surface area contributed by atoms with Gasteiger partial charge in [0.25, 0.3) is 0 Å². The molecule has 0 aliphatic carbocycles. The zero-order valence-electron chi connectivity index (χ0n) is 5.03.